The number of ether oxygens (including phenoxy) is 2. The van der Waals surface area contributed by atoms with Crippen LogP contribution in [0.2, 0.25) is 0 Å². The SMILES string of the molecule is CC(OC1OCCN(CC2N=NN=C2CN(C)C)C1c1ccccc1)c1cc(C(F)(F)F)cc(C(F)(F)F)c1. The fourth-order valence-electron chi connectivity index (χ4n) is 4.62. The quantitative estimate of drug-likeness (QED) is 0.376. The van der Waals surface area contributed by atoms with Gasteiger partial charge in [-0.1, -0.05) is 30.3 Å². The Hall–Kier alpha value is -2.87. The molecule has 4 rings (SSSR count). The molecule has 0 spiro atoms. The lowest BCUT2D eigenvalue weighted by Gasteiger charge is -2.42. The van der Waals surface area contributed by atoms with Crippen LogP contribution in [0.15, 0.2) is 64.0 Å². The molecule has 2 aliphatic rings. The first-order valence-corrected chi connectivity index (χ1v) is 12.3. The van der Waals surface area contributed by atoms with E-state index in [-0.39, 0.29) is 24.3 Å². The van der Waals surface area contributed by atoms with Crippen LogP contribution in [0.1, 0.15) is 41.3 Å². The van der Waals surface area contributed by atoms with Crippen LogP contribution in [0.3, 0.4) is 0 Å². The average molecular weight is 558 g/mol. The number of hydrogen-bond acceptors (Lipinski definition) is 7. The van der Waals surface area contributed by atoms with E-state index in [9.17, 15) is 26.3 Å². The summed E-state index contributed by atoms with van der Waals surface area (Å²) in [5, 5.41) is 12.2. The third-order valence-corrected chi connectivity index (χ3v) is 6.51. The minimum Gasteiger partial charge on any atom is -0.349 e. The zero-order chi connectivity index (χ0) is 28.4. The van der Waals surface area contributed by atoms with Crippen LogP contribution >= 0.6 is 0 Å². The lowest BCUT2D eigenvalue weighted by molar-refractivity contribution is -0.229. The number of halogens is 6. The fourth-order valence-corrected chi connectivity index (χ4v) is 4.62. The van der Waals surface area contributed by atoms with E-state index in [1.807, 2.05) is 49.3 Å². The standard InChI is InChI=1S/C26H29F6N5O2/c1-16(18-11-19(25(27,28)29)13-20(12-18)26(30,31)32)39-24-23(17-7-5-4-6-8-17)37(9-10-38-24)15-22-21(14-36(2)3)33-35-34-22/h4-8,11-13,16,22-24H,9-10,14-15H2,1-3H3. The van der Waals surface area contributed by atoms with Gasteiger partial charge in [0.05, 0.1) is 35.6 Å². The van der Waals surface area contributed by atoms with Gasteiger partial charge in [-0.15, -0.1) is 5.10 Å². The van der Waals surface area contributed by atoms with Crippen molar-refractivity contribution in [1.82, 2.24) is 9.80 Å². The van der Waals surface area contributed by atoms with Crippen molar-refractivity contribution in [3.05, 3.63) is 70.8 Å². The Morgan fingerprint density at radius 3 is 2.26 bits per heavy atom. The van der Waals surface area contributed by atoms with Crippen LogP contribution in [0.4, 0.5) is 26.3 Å². The Kier molecular flexibility index (Phi) is 8.74. The van der Waals surface area contributed by atoms with Crippen molar-refractivity contribution in [1.29, 1.82) is 0 Å². The molecule has 1 saturated heterocycles. The van der Waals surface area contributed by atoms with Gasteiger partial charge in [-0.3, -0.25) is 4.90 Å². The minimum atomic E-state index is -4.96. The molecule has 7 nitrogen and oxygen atoms in total. The summed E-state index contributed by atoms with van der Waals surface area (Å²) < 4.78 is 92.6. The van der Waals surface area contributed by atoms with Gasteiger partial charge in [-0.25, -0.2) is 0 Å². The van der Waals surface area contributed by atoms with Gasteiger partial charge < -0.3 is 14.4 Å². The molecule has 0 N–H and O–H groups in total. The van der Waals surface area contributed by atoms with Crippen molar-refractivity contribution in [3.63, 3.8) is 0 Å². The number of hydrogen-bond donors (Lipinski definition) is 0. The molecule has 2 aliphatic heterocycles. The van der Waals surface area contributed by atoms with E-state index < -0.39 is 41.9 Å². The maximum atomic E-state index is 13.4. The smallest absolute Gasteiger partial charge is 0.349 e. The third-order valence-electron chi connectivity index (χ3n) is 6.51. The lowest BCUT2D eigenvalue weighted by atomic mass is 10.00. The molecule has 2 heterocycles. The van der Waals surface area contributed by atoms with Crippen LogP contribution in [0, 0.1) is 0 Å². The first kappa shape index (κ1) is 29.1. The largest absolute Gasteiger partial charge is 0.416 e. The normalized spacial score (nSPS) is 23.3. The monoisotopic (exact) mass is 557 g/mol. The molecule has 0 aromatic heterocycles. The fraction of sp³-hybridized carbons (Fsp3) is 0.500. The van der Waals surface area contributed by atoms with Gasteiger partial charge in [0, 0.05) is 19.6 Å². The summed E-state index contributed by atoms with van der Waals surface area (Å²) in [6, 6.07) is 9.88. The molecule has 2 aromatic rings. The highest BCUT2D eigenvalue weighted by molar-refractivity contribution is 5.92. The molecule has 1 fully saturated rings. The van der Waals surface area contributed by atoms with E-state index in [0.717, 1.165) is 11.3 Å². The Labute approximate surface area is 222 Å². The van der Waals surface area contributed by atoms with Crippen LogP contribution in [-0.4, -0.2) is 68.2 Å². The maximum Gasteiger partial charge on any atom is 0.416 e. The lowest BCUT2D eigenvalue weighted by Crippen LogP contribution is -2.50. The van der Waals surface area contributed by atoms with E-state index in [2.05, 4.69) is 20.3 Å². The number of rotatable bonds is 8. The summed E-state index contributed by atoms with van der Waals surface area (Å²) in [6.45, 7) is 3.13. The summed E-state index contributed by atoms with van der Waals surface area (Å²) >= 11 is 0. The minimum absolute atomic E-state index is 0.102. The molecular weight excluding hydrogens is 528 g/mol. The van der Waals surface area contributed by atoms with Gasteiger partial charge in [-0.2, -0.15) is 31.5 Å². The summed E-state index contributed by atoms with van der Waals surface area (Å²) in [7, 11) is 3.81. The van der Waals surface area contributed by atoms with Gasteiger partial charge in [-0.05, 0) is 55.6 Å². The maximum absolute atomic E-state index is 13.4. The summed E-state index contributed by atoms with van der Waals surface area (Å²) in [5.41, 5.74) is -1.45. The van der Waals surface area contributed by atoms with E-state index >= 15 is 0 Å². The Bertz CT molecular complexity index is 1150. The van der Waals surface area contributed by atoms with Crippen molar-refractivity contribution < 1.29 is 35.8 Å². The molecule has 0 radical (unpaired) electrons. The molecule has 0 aliphatic carbocycles. The van der Waals surface area contributed by atoms with E-state index in [1.54, 1.807) is 0 Å². The Morgan fingerprint density at radius 1 is 1.03 bits per heavy atom. The molecule has 0 amide bonds. The van der Waals surface area contributed by atoms with Crippen molar-refractivity contribution in [2.24, 2.45) is 15.4 Å². The number of benzene rings is 2. The predicted octanol–water partition coefficient (Wildman–Crippen LogP) is 5.95. The predicted molar refractivity (Wildman–Crippen MR) is 131 cm³/mol. The van der Waals surface area contributed by atoms with Crippen LogP contribution in [0.25, 0.3) is 0 Å². The highest BCUT2D eigenvalue weighted by Gasteiger charge is 2.40. The topological polar surface area (TPSA) is 62.0 Å². The Morgan fingerprint density at radius 2 is 1.67 bits per heavy atom. The van der Waals surface area contributed by atoms with Crippen molar-refractivity contribution in [3.8, 4) is 0 Å². The third kappa shape index (κ3) is 7.21. The zero-order valence-electron chi connectivity index (χ0n) is 21.6. The summed E-state index contributed by atoms with van der Waals surface area (Å²) in [5.74, 6) is 0. The van der Waals surface area contributed by atoms with Crippen LogP contribution in [0.5, 0.6) is 0 Å². The average Bonchev–Trinajstić information content (AvgIpc) is 3.29. The highest BCUT2D eigenvalue weighted by atomic mass is 19.4. The second kappa shape index (κ2) is 11.7. The van der Waals surface area contributed by atoms with Gasteiger partial charge in [0.1, 0.15) is 6.04 Å². The summed E-state index contributed by atoms with van der Waals surface area (Å²) in [6.07, 6.45) is -12.0. The summed E-state index contributed by atoms with van der Waals surface area (Å²) in [4.78, 5) is 4.03. The second-order valence-electron chi connectivity index (χ2n) is 9.76. The molecule has 0 bridgehead atoms. The van der Waals surface area contributed by atoms with Gasteiger partial charge >= 0.3 is 12.4 Å². The number of morpholine rings is 1. The molecule has 39 heavy (non-hydrogen) atoms. The van der Waals surface area contributed by atoms with Crippen molar-refractivity contribution in [2.75, 3.05) is 40.3 Å². The van der Waals surface area contributed by atoms with Crippen molar-refractivity contribution in [2.45, 2.75) is 43.8 Å². The van der Waals surface area contributed by atoms with Crippen LogP contribution in [-0.2, 0) is 21.8 Å². The molecule has 2 aromatic carbocycles. The van der Waals surface area contributed by atoms with Crippen molar-refractivity contribution >= 4 is 5.71 Å². The highest BCUT2D eigenvalue weighted by Crippen LogP contribution is 2.39. The number of nitrogens with zero attached hydrogens (tertiary/aromatic N) is 5. The molecule has 4 unspecified atom stereocenters. The first-order chi connectivity index (χ1) is 18.3. The molecular formula is C26H29F6N5O2. The molecule has 13 heteroatoms. The van der Waals surface area contributed by atoms with Crippen LogP contribution < -0.4 is 0 Å². The molecule has 4 atom stereocenters. The first-order valence-electron chi connectivity index (χ1n) is 12.3. The molecule has 0 saturated carbocycles. The van der Waals surface area contributed by atoms with Gasteiger partial charge in [0.15, 0.2) is 6.29 Å². The van der Waals surface area contributed by atoms with E-state index in [1.165, 1.54) is 6.92 Å². The zero-order valence-corrected chi connectivity index (χ0v) is 21.6. The van der Waals surface area contributed by atoms with E-state index in [4.69, 9.17) is 9.47 Å². The second-order valence-corrected chi connectivity index (χ2v) is 9.76. The van der Waals surface area contributed by atoms with Gasteiger partial charge in [0.2, 0.25) is 0 Å². The van der Waals surface area contributed by atoms with E-state index in [0.29, 0.717) is 31.8 Å². The van der Waals surface area contributed by atoms with Gasteiger partial charge in [0.25, 0.3) is 0 Å². The molecule has 212 valence electrons. The Balaban J connectivity index is 1.62. The number of alkyl halides is 6.